The Bertz CT molecular complexity index is 122. The van der Waals surface area contributed by atoms with E-state index in [1.54, 1.807) is 0 Å². The zero-order valence-electron chi connectivity index (χ0n) is 7.20. The standard InChI is InChI=1S/C8H16N2/c1-5(2)7-8(6(3)4)10-9-7/h5-8H,1-4H3. The van der Waals surface area contributed by atoms with Crippen molar-refractivity contribution in [1.29, 1.82) is 0 Å². The highest BCUT2D eigenvalue weighted by Crippen LogP contribution is 2.28. The van der Waals surface area contributed by atoms with Crippen LogP contribution in [0.25, 0.3) is 0 Å². The number of rotatable bonds is 2. The molecule has 10 heavy (non-hydrogen) atoms. The Labute approximate surface area is 62.7 Å². The van der Waals surface area contributed by atoms with Crippen molar-refractivity contribution in [1.82, 2.24) is 0 Å². The average molecular weight is 140 g/mol. The van der Waals surface area contributed by atoms with Crippen molar-refractivity contribution in [3.8, 4) is 0 Å². The van der Waals surface area contributed by atoms with Gasteiger partial charge in [0.1, 0.15) is 0 Å². The molecule has 0 aromatic rings. The molecule has 2 heteroatoms. The smallest absolute Gasteiger partial charge is 0.0974 e. The number of hydrogen-bond acceptors (Lipinski definition) is 2. The van der Waals surface area contributed by atoms with E-state index in [0.717, 1.165) is 0 Å². The van der Waals surface area contributed by atoms with E-state index in [4.69, 9.17) is 0 Å². The minimum atomic E-state index is 0.500. The summed E-state index contributed by atoms with van der Waals surface area (Å²) in [4.78, 5) is 0. The van der Waals surface area contributed by atoms with Gasteiger partial charge < -0.3 is 0 Å². The molecule has 1 rings (SSSR count). The molecule has 0 saturated heterocycles. The summed E-state index contributed by atoms with van der Waals surface area (Å²) in [5, 5.41) is 8.19. The second kappa shape index (κ2) is 2.69. The summed E-state index contributed by atoms with van der Waals surface area (Å²) in [6.45, 7) is 8.83. The SMILES string of the molecule is CC(C)C1N=NC1C(C)C. The zero-order chi connectivity index (χ0) is 7.72. The van der Waals surface area contributed by atoms with E-state index in [-0.39, 0.29) is 0 Å². The van der Waals surface area contributed by atoms with Crippen molar-refractivity contribution < 1.29 is 0 Å². The molecule has 0 saturated carbocycles. The van der Waals surface area contributed by atoms with Gasteiger partial charge in [-0.25, -0.2) is 0 Å². The van der Waals surface area contributed by atoms with Gasteiger partial charge in [0.15, 0.2) is 0 Å². The van der Waals surface area contributed by atoms with Gasteiger partial charge in [0.05, 0.1) is 12.1 Å². The van der Waals surface area contributed by atoms with E-state index in [1.165, 1.54) is 0 Å². The Kier molecular flexibility index (Phi) is 2.07. The van der Waals surface area contributed by atoms with E-state index in [0.29, 0.717) is 23.9 Å². The maximum atomic E-state index is 4.10. The molecule has 1 heterocycles. The third kappa shape index (κ3) is 1.20. The first-order valence-electron chi connectivity index (χ1n) is 4.03. The summed E-state index contributed by atoms with van der Waals surface area (Å²) in [6, 6.07) is 1.000. The van der Waals surface area contributed by atoms with Crippen molar-refractivity contribution in [2.45, 2.75) is 39.8 Å². The van der Waals surface area contributed by atoms with Gasteiger partial charge in [0.2, 0.25) is 0 Å². The van der Waals surface area contributed by atoms with E-state index in [2.05, 4.69) is 37.9 Å². The third-order valence-electron chi connectivity index (χ3n) is 2.05. The predicted octanol–water partition coefficient (Wildman–Crippen LogP) is 2.50. The molecule has 2 nitrogen and oxygen atoms in total. The fourth-order valence-electron chi connectivity index (χ4n) is 1.28. The number of azo groups is 1. The molecule has 58 valence electrons. The molecular weight excluding hydrogens is 124 g/mol. The Balaban J connectivity index is 2.46. The molecule has 0 bridgehead atoms. The highest BCUT2D eigenvalue weighted by Gasteiger charge is 2.32. The van der Waals surface area contributed by atoms with Gasteiger partial charge in [-0.15, -0.1) is 0 Å². The minimum Gasteiger partial charge on any atom is -0.188 e. The topological polar surface area (TPSA) is 24.7 Å². The Hall–Kier alpha value is -0.400. The van der Waals surface area contributed by atoms with Crippen LogP contribution in [-0.4, -0.2) is 12.1 Å². The van der Waals surface area contributed by atoms with Gasteiger partial charge >= 0.3 is 0 Å². The van der Waals surface area contributed by atoms with Crippen LogP contribution in [0.1, 0.15) is 27.7 Å². The van der Waals surface area contributed by atoms with Crippen LogP contribution in [0.4, 0.5) is 0 Å². The molecule has 0 radical (unpaired) electrons. The number of hydrogen-bond donors (Lipinski definition) is 0. The summed E-state index contributed by atoms with van der Waals surface area (Å²) in [7, 11) is 0. The van der Waals surface area contributed by atoms with Crippen LogP contribution in [-0.2, 0) is 0 Å². The van der Waals surface area contributed by atoms with E-state index < -0.39 is 0 Å². The van der Waals surface area contributed by atoms with Gasteiger partial charge in [0, 0.05) is 0 Å². The Morgan fingerprint density at radius 2 is 1.10 bits per heavy atom. The molecule has 2 unspecified atom stereocenters. The van der Waals surface area contributed by atoms with Gasteiger partial charge in [0.25, 0.3) is 0 Å². The van der Waals surface area contributed by atoms with Gasteiger partial charge in [-0.3, -0.25) is 0 Å². The highest BCUT2D eigenvalue weighted by atomic mass is 15.3. The first-order chi connectivity index (χ1) is 4.63. The van der Waals surface area contributed by atoms with Crippen molar-refractivity contribution in [3.63, 3.8) is 0 Å². The fourth-order valence-corrected chi connectivity index (χ4v) is 1.28. The molecule has 0 aromatic heterocycles. The van der Waals surface area contributed by atoms with Crippen LogP contribution in [0.3, 0.4) is 0 Å². The maximum absolute atomic E-state index is 4.10. The molecule has 0 spiro atoms. The fraction of sp³-hybridized carbons (Fsp3) is 1.00. The molecule has 1 aliphatic heterocycles. The van der Waals surface area contributed by atoms with E-state index in [9.17, 15) is 0 Å². The molecule has 0 amide bonds. The number of nitrogens with zero attached hydrogens (tertiary/aromatic N) is 2. The Morgan fingerprint density at radius 3 is 1.20 bits per heavy atom. The second-order valence-electron chi connectivity index (χ2n) is 3.70. The largest absolute Gasteiger partial charge is 0.188 e. The zero-order valence-corrected chi connectivity index (χ0v) is 7.20. The van der Waals surface area contributed by atoms with Crippen molar-refractivity contribution in [2.75, 3.05) is 0 Å². The lowest BCUT2D eigenvalue weighted by Gasteiger charge is -2.31. The van der Waals surface area contributed by atoms with E-state index >= 15 is 0 Å². The molecule has 2 atom stereocenters. The summed E-state index contributed by atoms with van der Waals surface area (Å²) >= 11 is 0. The van der Waals surface area contributed by atoms with Crippen LogP contribution in [0.15, 0.2) is 10.2 Å². The summed E-state index contributed by atoms with van der Waals surface area (Å²) in [5.41, 5.74) is 0. The minimum absolute atomic E-state index is 0.500. The van der Waals surface area contributed by atoms with Gasteiger partial charge in [-0.05, 0) is 11.8 Å². The van der Waals surface area contributed by atoms with Crippen LogP contribution in [0, 0.1) is 11.8 Å². The van der Waals surface area contributed by atoms with Crippen molar-refractivity contribution >= 4 is 0 Å². The predicted molar refractivity (Wildman–Crippen MR) is 42.1 cm³/mol. The molecule has 0 aromatic carbocycles. The second-order valence-corrected chi connectivity index (χ2v) is 3.70. The molecular formula is C8H16N2. The quantitative estimate of drug-likeness (QED) is 0.563. The normalized spacial score (nSPS) is 31.4. The van der Waals surface area contributed by atoms with Crippen LogP contribution < -0.4 is 0 Å². The monoisotopic (exact) mass is 140 g/mol. The van der Waals surface area contributed by atoms with Crippen molar-refractivity contribution in [3.05, 3.63) is 0 Å². The lowest BCUT2D eigenvalue weighted by atomic mass is 9.88. The van der Waals surface area contributed by atoms with Crippen LogP contribution in [0.5, 0.6) is 0 Å². The van der Waals surface area contributed by atoms with Crippen molar-refractivity contribution in [2.24, 2.45) is 22.1 Å². The Morgan fingerprint density at radius 1 is 0.800 bits per heavy atom. The first-order valence-corrected chi connectivity index (χ1v) is 4.03. The average Bonchev–Trinajstić information content (AvgIpc) is 1.56. The van der Waals surface area contributed by atoms with Gasteiger partial charge in [-0.1, -0.05) is 27.7 Å². The molecule has 0 aliphatic carbocycles. The highest BCUT2D eigenvalue weighted by molar-refractivity contribution is 4.91. The van der Waals surface area contributed by atoms with Gasteiger partial charge in [-0.2, -0.15) is 10.2 Å². The summed E-state index contributed by atoms with van der Waals surface area (Å²) in [5.74, 6) is 1.31. The van der Waals surface area contributed by atoms with Crippen LogP contribution in [0.2, 0.25) is 0 Å². The lowest BCUT2D eigenvalue weighted by Crippen LogP contribution is -2.38. The molecule has 0 N–H and O–H groups in total. The summed E-state index contributed by atoms with van der Waals surface area (Å²) in [6.07, 6.45) is 0. The molecule has 1 aliphatic rings. The van der Waals surface area contributed by atoms with Crippen LogP contribution >= 0.6 is 0 Å². The molecule has 0 fully saturated rings. The summed E-state index contributed by atoms with van der Waals surface area (Å²) < 4.78 is 0. The van der Waals surface area contributed by atoms with E-state index in [1.807, 2.05) is 0 Å². The maximum Gasteiger partial charge on any atom is 0.0974 e. The lowest BCUT2D eigenvalue weighted by molar-refractivity contribution is 0.264. The third-order valence-corrected chi connectivity index (χ3v) is 2.05. The first kappa shape index (κ1) is 7.70.